The molecular weight excluding hydrogens is 572 g/mol. The molecule has 0 bridgehead atoms. The molecule has 4 aromatic carbocycles. The number of nitrogens with zero attached hydrogens (tertiary/aromatic N) is 2. The standard InChI is InChI=1S/C32H32N2O6S2/c1-22-8-13-26(14-9-22)41(35,36)34-21-29-28-7-5-4-6-24(28)18-19-33(29)32(34)25-12-17-30(31(20-25)39-3)40-42(37,38)27-15-10-23(2)11-16-27/h4-17,20,29,32H,18-19,21H2,1-3H3/t29-,32-/m1/s1. The van der Waals surface area contributed by atoms with E-state index in [0.717, 1.165) is 23.1 Å². The molecule has 42 heavy (non-hydrogen) atoms. The molecule has 0 spiro atoms. The van der Waals surface area contributed by atoms with Crippen molar-refractivity contribution < 1.29 is 25.8 Å². The fourth-order valence-corrected chi connectivity index (χ4v) is 8.35. The predicted octanol–water partition coefficient (Wildman–Crippen LogP) is 5.38. The van der Waals surface area contributed by atoms with Crippen LogP contribution in [0.4, 0.5) is 0 Å². The molecule has 2 atom stereocenters. The maximum Gasteiger partial charge on any atom is 0.339 e. The molecule has 1 saturated heterocycles. The zero-order valence-electron chi connectivity index (χ0n) is 23.6. The largest absolute Gasteiger partial charge is 0.493 e. The van der Waals surface area contributed by atoms with Crippen molar-refractivity contribution in [3.05, 3.63) is 119 Å². The molecule has 2 aliphatic rings. The van der Waals surface area contributed by atoms with E-state index in [1.807, 2.05) is 26.0 Å². The third kappa shape index (κ3) is 5.09. The first-order chi connectivity index (χ1) is 20.1. The predicted molar refractivity (Wildman–Crippen MR) is 159 cm³/mol. The lowest BCUT2D eigenvalue weighted by Gasteiger charge is -2.36. The fourth-order valence-electron chi connectivity index (χ4n) is 5.82. The van der Waals surface area contributed by atoms with Gasteiger partial charge in [0.2, 0.25) is 10.0 Å². The normalized spacial score (nSPS) is 19.2. The number of hydrogen-bond acceptors (Lipinski definition) is 7. The van der Waals surface area contributed by atoms with Crippen molar-refractivity contribution in [2.75, 3.05) is 20.2 Å². The van der Waals surface area contributed by atoms with Crippen molar-refractivity contribution in [2.45, 2.75) is 42.3 Å². The summed E-state index contributed by atoms with van der Waals surface area (Å²) in [5.74, 6) is 0.213. The maximum atomic E-state index is 14.1. The summed E-state index contributed by atoms with van der Waals surface area (Å²) in [6, 6.07) is 26.2. The summed E-state index contributed by atoms with van der Waals surface area (Å²) in [5.41, 5.74) is 4.89. The Morgan fingerprint density at radius 1 is 0.762 bits per heavy atom. The van der Waals surface area contributed by atoms with E-state index in [9.17, 15) is 16.8 Å². The molecule has 10 heteroatoms. The molecule has 0 unspecified atom stereocenters. The van der Waals surface area contributed by atoms with Crippen LogP contribution in [0.25, 0.3) is 0 Å². The summed E-state index contributed by atoms with van der Waals surface area (Å²) < 4.78 is 66.9. The van der Waals surface area contributed by atoms with Crippen LogP contribution in [0, 0.1) is 13.8 Å². The van der Waals surface area contributed by atoms with Gasteiger partial charge < -0.3 is 8.92 Å². The first-order valence-corrected chi connectivity index (χ1v) is 16.5. The van der Waals surface area contributed by atoms with Gasteiger partial charge in [0.1, 0.15) is 11.1 Å². The minimum absolute atomic E-state index is 0.0216. The average molecular weight is 605 g/mol. The molecule has 0 N–H and O–H groups in total. The quantitative estimate of drug-likeness (QED) is 0.262. The highest BCUT2D eigenvalue weighted by atomic mass is 32.2. The lowest BCUT2D eigenvalue weighted by molar-refractivity contribution is 0.154. The number of ether oxygens (including phenoxy) is 1. The van der Waals surface area contributed by atoms with E-state index in [0.29, 0.717) is 12.1 Å². The maximum absolute atomic E-state index is 14.1. The van der Waals surface area contributed by atoms with Crippen LogP contribution in [-0.2, 0) is 26.6 Å². The van der Waals surface area contributed by atoms with Gasteiger partial charge in [-0.25, -0.2) is 8.42 Å². The summed E-state index contributed by atoms with van der Waals surface area (Å²) in [7, 11) is -6.57. The first-order valence-electron chi connectivity index (χ1n) is 13.7. The zero-order chi connectivity index (χ0) is 29.6. The molecule has 0 amide bonds. The van der Waals surface area contributed by atoms with Crippen molar-refractivity contribution in [3.8, 4) is 11.5 Å². The summed E-state index contributed by atoms with van der Waals surface area (Å²) in [5, 5.41) is 0. The highest BCUT2D eigenvalue weighted by Gasteiger charge is 2.48. The lowest BCUT2D eigenvalue weighted by atomic mass is 9.93. The van der Waals surface area contributed by atoms with Gasteiger partial charge in [-0.2, -0.15) is 12.7 Å². The Labute approximate surface area is 247 Å². The molecular formula is C32H32N2O6S2. The zero-order valence-corrected chi connectivity index (χ0v) is 25.2. The van der Waals surface area contributed by atoms with E-state index in [2.05, 4.69) is 17.0 Å². The Morgan fingerprint density at radius 2 is 1.40 bits per heavy atom. The summed E-state index contributed by atoms with van der Waals surface area (Å²) in [6.07, 6.45) is 0.153. The van der Waals surface area contributed by atoms with Crippen LogP contribution in [0.1, 0.15) is 40.0 Å². The van der Waals surface area contributed by atoms with E-state index in [1.165, 1.54) is 30.9 Å². The highest BCUT2D eigenvalue weighted by molar-refractivity contribution is 7.89. The van der Waals surface area contributed by atoms with Crippen molar-refractivity contribution in [1.29, 1.82) is 0 Å². The minimum Gasteiger partial charge on any atom is -0.493 e. The third-order valence-corrected chi connectivity index (χ3v) is 11.1. The van der Waals surface area contributed by atoms with Crippen LogP contribution in [0.2, 0.25) is 0 Å². The third-order valence-electron chi connectivity index (χ3n) is 8.02. The van der Waals surface area contributed by atoms with E-state index in [-0.39, 0.29) is 33.9 Å². The van der Waals surface area contributed by atoms with Crippen LogP contribution in [0.5, 0.6) is 11.5 Å². The van der Waals surface area contributed by atoms with Crippen LogP contribution in [-0.4, -0.2) is 46.2 Å². The molecule has 0 saturated carbocycles. The molecule has 0 aromatic heterocycles. The van der Waals surface area contributed by atoms with Gasteiger partial charge in [0.25, 0.3) is 0 Å². The van der Waals surface area contributed by atoms with Gasteiger partial charge >= 0.3 is 10.1 Å². The summed E-state index contributed by atoms with van der Waals surface area (Å²) in [4.78, 5) is 2.45. The lowest BCUT2D eigenvalue weighted by Crippen LogP contribution is -2.37. The average Bonchev–Trinajstić information content (AvgIpc) is 3.39. The van der Waals surface area contributed by atoms with Gasteiger partial charge in [-0.15, -0.1) is 0 Å². The smallest absolute Gasteiger partial charge is 0.339 e. The van der Waals surface area contributed by atoms with Gasteiger partial charge in [-0.05, 0) is 73.4 Å². The van der Waals surface area contributed by atoms with Gasteiger partial charge in [-0.1, -0.05) is 65.7 Å². The SMILES string of the molecule is COc1cc([C@@H]2N3CCc4ccccc4[C@H]3CN2S(=O)(=O)c2ccc(C)cc2)ccc1OS(=O)(=O)c1ccc(C)cc1. The molecule has 2 aliphatic heterocycles. The monoisotopic (exact) mass is 604 g/mol. The number of methoxy groups -OCH3 is 1. The number of hydrogen-bond donors (Lipinski definition) is 0. The number of benzene rings is 4. The molecule has 218 valence electrons. The summed E-state index contributed by atoms with van der Waals surface area (Å²) >= 11 is 0. The van der Waals surface area contributed by atoms with Gasteiger partial charge in [0, 0.05) is 13.1 Å². The van der Waals surface area contributed by atoms with Crippen molar-refractivity contribution in [1.82, 2.24) is 9.21 Å². The van der Waals surface area contributed by atoms with Crippen LogP contribution in [0.15, 0.2) is 101 Å². The second-order valence-corrected chi connectivity index (χ2v) is 14.2. The number of aryl methyl sites for hydroxylation is 2. The summed E-state index contributed by atoms with van der Waals surface area (Å²) in [6.45, 7) is 4.73. The molecule has 6 rings (SSSR count). The topological polar surface area (TPSA) is 93.2 Å². The molecule has 1 fully saturated rings. The molecule has 0 aliphatic carbocycles. The Bertz CT molecular complexity index is 1840. The second-order valence-electron chi connectivity index (χ2n) is 10.7. The van der Waals surface area contributed by atoms with Gasteiger partial charge in [0.15, 0.2) is 11.5 Å². The van der Waals surface area contributed by atoms with Crippen LogP contribution < -0.4 is 8.92 Å². The van der Waals surface area contributed by atoms with Crippen molar-refractivity contribution in [3.63, 3.8) is 0 Å². The number of fused-ring (bicyclic) bond motifs is 3. The Hall–Kier alpha value is -3.70. The first kappa shape index (κ1) is 28.4. The van der Waals surface area contributed by atoms with Gasteiger partial charge in [0.05, 0.1) is 18.0 Å². The van der Waals surface area contributed by atoms with E-state index in [1.54, 1.807) is 52.8 Å². The Balaban J connectivity index is 1.41. The highest BCUT2D eigenvalue weighted by Crippen LogP contribution is 2.48. The van der Waals surface area contributed by atoms with Gasteiger partial charge in [-0.3, -0.25) is 4.90 Å². The Morgan fingerprint density at radius 3 is 2.07 bits per heavy atom. The van der Waals surface area contributed by atoms with Crippen LogP contribution in [0.3, 0.4) is 0 Å². The molecule has 2 heterocycles. The fraction of sp³-hybridized carbons (Fsp3) is 0.250. The van der Waals surface area contributed by atoms with E-state index < -0.39 is 26.3 Å². The minimum atomic E-state index is -4.12. The molecule has 0 radical (unpaired) electrons. The van der Waals surface area contributed by atoms with E-state index in [4.69, 9.17) is 8.92 Å². The second kappa shape index (κ2) is 10.9. The number of rotatable bonds is 7. The number of sulfonamides is 1. The van der Waals surface area contributed by atoms with Crippen molar-refractivity contribution in [2.24, 2.45) is 0 Å². The Kier molecular flexibility index (Phi) is 7.34. The molecule has 8 nitrogen and oxygen atoms in total. The van der Waals surface area contributed by atoms with Crippen molar-refractivity contribution >= 4 is 20.1 Å². The molecule has 4 aromatic rings. The van der Waals surface area contributed by atoms with E-state index >= 15 is 0 Å². The van der Waals surface area contributed by atoms with Crippen LogP contribution >= 0.6 is 0 Å².